The highest BCUT2D eigenvalue weighted by Gasteiger charge is 2.65. The molecular weight excluding hydrogens is 602 g/mol. The number of ether oxygens (including phenoxy) is 6. The fraction of sp³-hybridized carbons (Fsp3) is 0.970. The number of cyclic esters (lactones) is 1. The predicted molar refractivity (Wildman–Crippen MR) is 165 cm³/mol. The van der Waals surface area contributed by atoms with Gasteiger partial charge in [0.2, 0.25) is 5.79 Å². The summed E-state index contributed by atoms with van der Waals surface area (Å²) in [5.74, 6) is -3.29. The monoisotopic (exact) mass is 661 g/mol. The molecule has 0 saturated carbocycles. The third-order valence-corrected chi connectivity index (χ3v) is 10.8. The van der Waals surface area contributed by atoms with Crippen LogP contribution in [0.1, 0.15) is 88.0 Å². The average molecular weight is 662 g/mol. The number of hydrogen-bond acceptors (Lipinski definition) is 13. The molecule has 0 aromatic rings. The van der Waals surface area contributed by atoms with Gasteiger partial charge in [-0.05, 0) is 60.4 Å². The molecule has 0 radical (unpaired) electrons. The second-order valence-corrected chi connectivity index (χ2v) is 14.7. The van der Waals surface area contributed by atoms with E-state index in [0.717, 1.165) is 0 Å². The SMILES string of the molecule is CC[C@@H](O)[C@@](C)(O)[C@@H]1OC(=O)[C@H](C)[C@@H](O[C@H]2CC3(OC)O[C@H]3C(C)O2)[C@H](C)[C@@H](OOC(C)CC(O)NC)[C@@]2(C)CC(C)C(O2)[C@@H]1C. The minimum Gasteiger partial charge on any atom is -0.459 e. The van der Waals surface area contributed by atoms with Crippen molar-refractivity contribution in [2.24, 2.45) is 23.7 Å². The molecule has 4 heterocycles. The lowest BCUT2D eigenvalue weighted by atomic mass is 9.76. The summed E-state index contributed by atoms with van der Waals surface area (Å²) in [6, 6.07) is 0. The standard InChI is InChI=1S/C33H59NO12/c1-12-22(35)32(9,38)28-18(4)25-16(2)14-31(8,43-25)27(46-45-17(3)13-23(36)34-10)19(5)26(20(6)30(37)42-28)41-24-15-33(39-11)29(44-33)21(7)40-24/h16-29,34-36,38H,12-15H2,1-11H3/t16?,17?,18-,19-,20+,21?,22+,23?,24-,25?,26-,27+,28+,29-,31+,32+,33?/m0/s1. The number of fused-ring (bicyclic) bond motifs is 3. The summed E-state index contributed by atoms with van der Waals surface area (Å²) in [5.41, 5.74) is -2.66. The maximum absolute atomic E-state index is 14.1. The van der Waals surface area contributed by atoms with Crippen molar-refractivity contribution in [3.8, 4) is 0 Å². The summed E-state index contributed by atoms with van der Waals surface area (Å²) in [4.78, 5) is 26.2. The molecular formula is C33H59NO12. The number of aliphatic hydroxyl groups excluding tert-OH is 2. The van der Waals surface area contributed by atoms with Gasteiger partial charge in [-0.3, -0.25) is 10.1 Å². The second kappa shape index (κ2) is 14.5. The minimum absolute atomic E-state index is 0.0261. The molecule has 268 valence electrons. The van der Waals surface area contributed by atoms with Crippen LogP contribution in [0.3, 0.4) is 0 Å². The zero-order chi connectivity index (χ0) is 34.4. The van der Waals surface area contributed by atoms with Gasteiger partial charge in [0.25, 0.3) is 0 Å². The van der Waals surface area contributed by atoms with Crippen LogP contribution in [0.5, 0.6) is 0 Å². The first-order chi connectivity index (χ1) is 21.4. The minimum atomic E-state index is -1.75. The smallest absolute Gasteiger partial charge is 0.311 e. The van der Waals surface area contributed by atoms with E-state index in [1.54, 1.807) is 34.9 Å². The van der Waals surface area contributed by atoms with E-state index in [9.17, 15) is 20.1 Å². The molecule has 4 N–H and O–H groups in total. The van der Waals surface area contributed by atoms with Gasteiger partial charge in [-0.1, -0.05) is 27.7 Å². The molecule has 4 fully saturated rings. The summed E-state index contributed by atoms with van der Waals surface area (Å²) in [7, 11) is 3.25. The van der Waals surface area contributed by atoms with Crippen LogP contribution in [0.15, 0.2) is 0 Å². The summed E-state index contributed by atoms with van der Waals surface area (Å²) >= 11 is 0. The molecule has 0 amide bonds. The van der Waals surface area contributed by atoms with Crippen LogP contribution in [-0.2, 0) is 43.0 Å². The van der Waals surface area contributed by atoms with Gasteiger partial charge < -0.3 is 43.7 Å². The third kappa shape index (κ3) is 7.45. The largest absolute Gasteiger partial charge is 0.459 e. The van der Waals surface area contributed by atoms with Gasteiger partial charge in [0, 0.05) is 25.4 Å². The van der Waals surface area contributed by atoms with E-state index in [2.05, 4.69) is 12.2 Å². The van der Waals surface area contributed by atoms with Crippen molar-refractivity contribution < 1.29 is 58.3 Å². The Hall–Kier alpha value is -0.970. The van der Waals surface area contributed by atoms with Crippen LogP contribution in [0, 0.1) is 23.7 Å². The van der Waals surface area contributed by atoms with Crippen LogP contribution in [0.4, 0.5) is 0 Å². The molecule has 4 aliphatic heterocycles. The molecule has 4 rings (SSSR count). The molecule has 4 aliphatic rings. The number of carbonyl (C=O) groups is 1. The van der Waals surface area contributed by atoms with Gasteiger partial charge >= 0.3 is 5.97 Å². The molecule has 13 heteroatoms. The molecule has 0 aromatic heterocycles. The quantitative estimate of drug-likeness (QED) is 0.0793. The Balaban J connectivity index is 1.73. The van der Waals surface area contributed by atoms with Gasteiger partial charge in [-0.2, -0.15) is 0 Å². The Labute approximate surface area is 273 Å². The molecule has 4 saturated heterocycles. The van der Waals surface area contributed by atoms with Crippen LogP contribution in [0.2, 0.25) is 0 Å². The Kier molecular flexibility index (Phi) is 11.9. The zero-order valence-corrected chi connectivity index (χ0v) is 29.4. The number of aliphatic hydroxyl groups is 3. The van der Waals surface area contributed by atoms with Crippen molar-refractivity contribution in [2.75, 3.05) is 14.2 Å². The van der Waals surface area contributed by atoms with Crippen molar-refractivity contribution in [1.29, 1.82) is 0 Å². The lowest BCUT2D eigenvalue weighted by molar-refractivity contribution is -0.389. The first-order valence-electron chi connectivity index (χ1n) is 16.9. The molecule has 46 heavy (non-hydrogen) atoms. The van der Waals surface area contributed by atoms with E-state index in [0.29, 0.717) is 12.8 Å². The molecule has 6 unspecified atom stereocenters. The highest BCUT2D eigenvalue weighted by Crippen LogP contribution is 2.50. The molecule has 0 spiro atoms. The maximum Gasteiger partial charge on any atom is 0.311 e. The van der Waals surface area contributed by atoms with Crippen molar-refractivity contribution in [3.05, 3.63) is 0 Å². The van der Waals surface area contributed by atoms with E-state index in [4.69, 9.17) is 38.2 Å². The topological polar surface area (TPSA) is 167 Å². The number of hydrogen-bond donors (Lipinski definition) is 4. The number of rotatable bonds is 12. The predicted octanol–water partition coefficient (Wildman–Crippen LogP) is 2.42. The average Bonchev–Trinajstić information content (AvgIpc) is 3.67. The highest BCUT2D eigenvalue weighted by atomic mass is 17.2. The van der Waals surface area contributed by atoms with Gasteiger partial charge in [-0.15, -0.1) is 0 Å². The summed E-state index contributed by atoms with van der Waals surface area (Å²) in [5, 5.41) is 35.5. The fourth-order valence-corrected chi connectivity index (χ4v) is 8.07. The molecule has 2 bridgehead atoms. The Morgan fingerprint density at radius 1 is 1.11 bits per heavy atom. The Bertz CT molecular complexity index is 1030. The first-order valence-corrected chi connectivity index (χ1v) is 16.9. The van der Waals surface area contributed by atoms with Gasteiger partial charge in [0.1, 0.15) is 30.1 Å². The summed E-state index contributed by atoms with van der Waals surface area (Å²) < 4.78 is 37.4. The normalized spacial score (nSPS) is 46.3. The molecule has 13 nitrogen and oxygen atoms in total. The molecule has 0 aliphatic carbocycles. The van der Waals surface area contributed by atoms with E-state index < -0.39 is 89.9 Å². The number of nitrogens with one attached hydrogen (secondary N) is 1. The number of carbonyl (C=O) groups excluding carboxylic acids is 1. The van der Waals surface area contributed by atoms with Gasteiger partial charge in [0.15, 0.2) is 6.29 Å². The highest BCUT2D eigenvalue weighted by molar-refractivity contribution is 5.73. The lowest BCUT2D eigenvalue weighted by Crippen LogP contribution is -2.57. The van der Waals surface area contributed by atoms with Crippen LogP contribution >= 0.6 is 0 Å². The van der Waals surface area contributed by atoms with Crippen molar-refractivity contribution >= 4 is 5.97 Å². The number of methoxy groups -OCH3 is 1. The van der Waals surface area contributed by atoms with E-state index in [1.807, 2.05) is 27.7 Å². The van der Waals surface area contributed by atoms with Crippen molar-refractivity contribution in [1.82, 2.24) is 5.32 Å². The summed E-state index contributed by atoms with van der Waals surface area (Å²) in [6.07, 6.45) is -5.35. The lowest BCUT2D eigenvalue weighted by Gasteiger charge is -2.42. The van der Waals surface area contributed by atoms with E-state index in [-0.39, 0.29) is 31.0 Å². The van der Waals surface area contributed by atoms with E-state index in [1.165, 1.54) is 6.92 Å². The number of epoxide rings is 1. The second-order valence-electron chi connectivity index (χ2n) is 14.7. The first kappa shape index (κ1) is 37.8. The van der Waals surface area contributed by atoms with Gasteiger partial charge in [-0.25, -0.2) is 9.78 Å². The fourth-order valence-electron chi connectivity index (χ4n) is 8.07. The van der Waals surface area contributed by atoms with Gasteiger partial charge in [0.05, 0.1) is 48.5 Å². The third-order valence-electron chi connectivity index (χ3n) is 10.8. The van der Waals surface area contributed by atoms with Crippen LogP contribution in [0.25, 0.3) is 0 Å². The van der Waals surface area contributed by atoms with E-state index >= 15 is 0 Å². The zero-order valence-electron chi connectivity index (χ0n) is 29.4. The van der Waals surface area contributed by atoms with Crippen molar-refractivity contribution in [3.63, 3.8) is 0 Å². The molecule has 0 aromatic carbocycles. The maximum atomic E-state index is 14.1. The van der Waals surface area contributed by atoms with Crippen LogP contribution < -0.4 is 5.32 Å². The molecule has 17 atom stereocenters. The Morgan fingerprint density at radius 3 is 2.39 bits per heavy atom. The summed E-state index contributed by atoms with van der Waals surface area (Å²) in [6.45, 7) is 16.5. The Morgan fingerprint density at radius 2 is 1.78 bits per heavy atom. The van der Waals surface area contributed by atoms with Crippen LogP contribution in [-0.4, -0.2) is 114 Å². The number of esters is 1. The van der Waals surface area contributed by atoms with Crippen molar-refractivity contribution in [2.45, 2.75) is 166 Å².